The molecule has 110 valence electrons. The normalized spacial score (nSPS) is 11.4. The molecule has 0 spiro atoms. The molecule has 1 aromatic carbocycles. The predicted molar refractivity (Wildman–Crippen MR) is 77.9 cm³/mol. The van der Waals surface area contributed by atoms with E-state index in [-0.39, 0.29) is 23.4 Å². The number of carbonyl (C=O) groups is 2. The standard InChI is InChI=1S/C15H22N2O3/c1-15(2,17(3)4)10-16-13(18)9-11-7-5-6-8-12(11)14(19)20/h5-8H,9-10H2,1-4H3,(H,16,18)(H,19,20). The molecule has 0 saturated carbocycles. The lowest BCUT2D eigenvalue weighted by Gasteiger charge is -2.32. The van der Waals surface area contributed by atoms with Gasteiger partial charge in [0.2, 0.25) is 5.91 Å². The van der Waals surface area contributed by atoms with E-state index in [9.17, 15) is 9.59 Å². The Hall–Kier alpha value is -1.88. The van der Waals surface area contributed by atoms with Gasteiger partial charge in [-0.2, -0.15) is 0 Å². The molecule has 1 amide bonds. The lowest BCUT2D eigenvalue weighted by atomic mass is 10.0. The quantitative estimate of drug-likeness (QED) is 0.825. The monoisotopic (exact) mass is 278 g/mol. The smallest absolute Gasteiger partial charge is 0.335 e. The number of carboxylic acids is 1. The Morgan fingerprint density at radius 1 is 1.25 bits per heavy atom. The van der Waals surface area contributed by atoms with Crippen molar-refractivity contribution in [3.8, 4) is 0 Å². The molecule has 2 N–H and O–H groups in total. The maximum atomic E-state index is 11.9. The van der Waals surface area contributed by atoms with E-state index in [1.165, 1.54) is 6.07 Å². The average Bonchev–Trinajstić information content (AvgIpc) is 2.36. The molecule has 0 aliphatic carbocycles. The molecule has 0 unspecified atom stereocenters. The number of hydrogen-bond acceptors (Lipinski definition) is 3. The van der Waals surface area contributed by atoms with Gasteiger partial charge >= 0.3 is 5.97 Å². The Balaban J connectivity index is 2.66. The number of nitrogens with one attached hydrogen (secondary N) is 1. The Morgan fingerprint density at radius 2 is 1.85 bits per heavy atom. The Bertz CT molecular complexity index is 496. The highest BCUT2D eigenvalue weighted by Crippen LogP contribution is 2.11. The molecule has 0 aliphatic heterocycles. The van der Waals surface area contributed by atoms with E-state index >= 15 is 0 Å². The van der Waals surface area contributed by atoms with E-state index in [1.807, 2.05) is 32.8 Å². The van der Waals surface area contributed by atoms with Crippen molar-refractivity contribution in [3.05, 3.63) is 35.4 Å². The SMILES string of the molecule is CN(C)C(C)(C)CNC(=O)Cc1ccccc1C(=O)O. The Kier molecular flexibility index (Phi) is 5.27. The number of amides is 1. The third kappa shape index (κ3) is 4.35. The van der Waals surface area contributed by atoms with Crippen LogP contribution in [0.4, 0.5) is 0 Å². The third-order valence-corrected chi connectivity index (χ3v) is 3.53. The van der Waals surface area contributed by atoms with Crippen LogP contribution in [0.5, 0.6) is 0 Å². The molecule has 0 radical (unpaired) electrons. The van der Waals surface area contributed by atoms with Gasteiger partial charge in [-0.1, -0.05) is 18.2 Å². The Labute approximate surface area is 119 Å². The Morgan fingerprint density at radius 3 is 2.40 bits per heavy atom. The molecule has 0 heterocycles. The van der Waals surface area contributed by atoms with Crippen LogP contribution in [-0.4, -0.2) is 48.1 Å². The summed E-state index contributed by atoms with van der Waals surface area (Å²) < 4.78 is 0. The van der Waals surface area contributed by atoms with Crippen molar-refractivity contribution >= 4 is 11.9 Å². The van der Waals surface area contributed by atoms with Crippen LogP contribution in [0.2, 0.25) is 0 Å². The first-order chi connectivity index (χ1) is 9.24. The minimum Gasteiger partial charge on any atom is -0.478 e. The first-order valence-corrected chi connectivity index (χ1v) is 6.49. The zero-order chi connectivity index (χ0) is 15.3. The fraction of sp³-hybridized carbons (Fsp3) is 0.467. The molecule has 0 fully saturated rings. The lowest BCUT2D eigenvalue weighted by molar-refractivity contribution is -0.120. The van der Waals surface area contributed by atoms with Gasteiger partial charge in [-0.05, 0) is 39.6 Å². The van der Waals surface area contributed by atoms with E-state index in [4.69, 9.17) is 5.11 Å². The number of carbonyl (C=O) groups excluding carboxylic acids is 1. The predicted octanol–water partition coefficient (Wildman–Crippen LogP) is 1.38. The van der Waals surface area contributed by atoms with Gasteiger partial charge in [-0.15, -0.1) is 0 Å². The molecule has 0 atom stereocenters. The zero-order valence-corrected chi connectivity index (χ0v) is 12.4. The molecule has 0 bridgehead atoms. The van der Waals surface area contributed by atoms with Crippen molar-refractivity contribution in [2.24, 2.45) is 0 Å². The highest BCUT2D eigenvalue weighted by Gasteiger charge is 2.21. The average molecular weight is 278 g/mol. The van der Waals surface area contributed by atoms with E-state index < -0.39 is 5.97 Å². The minimum atomic E-state index is -1.01. The molecule has 0 aromatic heterocycles. The summed E-state index contributed by atoms with van der Waals surface area (Å²) in [5.41, 5.74) is 0.553. The minimum absolute atomic E-state index is 0.0754. The second-order valence-electron chi connectivity index (χ2n) is 5.62. The van der Waals surface area contributed by atoms with Gasteiger partial charge in [0.25, 0.3) is 0 Å². The highest BCUT2D eigenvalue weighted by molar-refractivity contribution is 5.91. The first-order valence-electron chi connectivity index (χ1n) is 6.49. The maximum Gasteiger partial charge on any atom is 0.335 e. The van der Waals surface area contributed by atoms with Crippen LogP contribution in [0.1, 0.15) is 29.8 Å². The van der Waals surface area contributed by atoms with Gasteiger partial charge in [0.05, 0.1) is 12.0 Å². The molecule has 1 aromatic rings. The molecular weight excluding hydrogens is 256 g/mol. The molecule has 0 saturated heterocycles. The number of aromatic carboxylic acids is 1. The van der Waals surface area contributed by atoms with E-state index in [2.05, 4.69) is 5.32 Å². The molecule has 5 nitrogen and oxygen atoms in total. The highest BCUT2D eigenvalue weighted by atomic mass is 16.4. The maximum absolute atomic E-state index is 11.9. The van der Waals surface area contributed by atoms with Gasteiger partial charge in [0, 0.05) is 12.1 Å². The van der Waals surface area contributed by atoms with Crippen molar-refractivity contribution in [1.82, 2.24) is 10.2 Å². The number of rotatable bonds is 6. The van der Waals surface area contributed by atoms with Gasteiger partial charge in [-0.25, -0.2) is 4.79 Å². The second-order valence-corrected chi connectivity index (χ2v) is 5.62. The van der Waals surface area contributed by atoms with Crippen LogP contribution in [0.15, 0.2) is 24.3 Å². The topological polar surface area (TPSA) is 69.6 Å². The summed E-state index contributed by atoms with van der Waals surface area (Å²) in [6.07, 6.45) is 0.0754. The number of hydrogen-bond donors (Lipinski definition) is 2. The van der Waals surface area contributed by atoms with E-state index in [1.54, 1.807) is 18.2 Å². The summed E-state index contributed by atoms with van der Waals surface area (Å²) in [5, 5.41) is 11.9. The number of nitrogens with zero attached hydrogens (tertiary/aromatic N) is 1. The molecule has 1 rings (SSSR count). The number of benzene rings is 1. The molecular formula is C15H22N2O3. The molecule has 20 heavy (non-hydrogen) atoms. The van der Waals surface area contributed by atoms with Crippen LogP contribution in [-0.2, 0) is 11.2 Å². The third-order valence-electron chi connectivity index (χ3n) is 3.53. The van der Waals surface area contributed by atoms with Crippen LogP contribution in [0, 0.1) is 0 Å². The van der Waals surface area contributed by atoms with Crippen molar-refractivity contribution in [2.45, 2.75) is 25.8 Å². The summed E-state index contributed by atoms with van der Waals surface area (Å²) in [4.78, 5) is 25.0. The fourth-order valence-corrected chi connectivity index (χ4v) is 1.59. The van der Waals surface area contributed by atoms with Crippen LogP contribution >= 0.6 is 0 Å². The summed E-state index contributed by atoms with van der Waals surface area (Å²) in [5.74, 6) is -1.18. The zero-order valence-electron chi connectivity index (χ0n) is 12.4. The number of likely N-dealkylation sites (N-methyl/N-ethyl adjacent to an activating group) is 1. The van der Waals surface area contributed by atoms with Gasteiger partial charge in [0.1, 0.15) is 0 Å². The van der Waals surface area contributed by atoms with Crippen molar-refractivity contribution < 1.29 is 14.7 Å². The summed E-state index contributed by atoms with van der Waals surface area (Å²) in [6.45, 7) is 4.56. The van der Waals surface area contributed by atoms with Gasteiger partial charge in [0.15, 0.2) is 0 Å². The van der Waals surface area contributed by atoms with Gasteiger partial charge in [-0.3, -0.25) is 4.79 Å². The molecule has 0 aliphatic rings. The second kappa shape index (κ2) is 6.52. The van der Waals surface area contributed by atoms with Crippen LogP contribution < -0.4 is 5.32 Å². The largest absolute Gasteiger partial charge is 0.478 e. The van der Waals surface area contributed by atoms with Crippen molar-refractivity contribution in [3.63, 3.8) is 0 Å². The van der Waals surface area contributed by atoms with Crippen LogP contribution in [0.25, 0.3) is 0 Å². The van der Waals surface area contributed by atoms with Crippen molar-refractivity contribution in [2.75, 3.05) is 20.6 Å². The van der Waals surface area contributed by atoms with E-state index in [0.717, 1.165) is 0 Å². The summed E-state index contributed by atoms with van der Waals surface area (Å²) in [6, 6.07) is 6.56. The lowest BCUT2D eigenvalue weighted by Crippen LogP contribution is -2.48. The van der Waals surface area contributed by atoms with Crippen molar-refractivity contribution in [1.29, 1.82) is 0 Å². The van der Waals surface area contributed by atoms with Crippen LogP contribution in [0.3, 0.4) is 0 Å². The first kappa shape index (κ1) is 16.2. The number of carboxylic acid groups (broad SMARTS) is 1. The van der Waals surface area contributed by atoms with Gasteiger partial charge < -0.3 is 15.3 Å². The summed E-state index contributed by atoms with van der Waals surface area (Å²) in [7, 11) is 3.90. The fourth-order valence-electron chi connectivity index (χ4n) is 1.59. The summed E-state index contributed by atoms with van der Waals surface area (Å²) >= 11 is 0. The molecule has 5 heteroatoms. The van der Waals surface area contributed by atoms with E-state index in [0.29, 0.717) is 12.1 Å².